The van der Waals surface area contributed by atoms with Gasteiger partial charge in [0.2, 0.25) is 0 Å². The van der Waals surface area contributed by atoms with Crippen LogP contribution in [0.3, 0.4) is 0 Å². The highest BCUT2D eigenvalue weighted by atomic mass is 127. The van der Waals surface area contributed by atoms with Crippen LogP contribution in [0.15, 0.2) is 42.5 Å². The molecule has 0 aromatic heterocycles. The average molecular weight is 394 g/mol. The summed E-state index contributed by atoms with van der Waals surface area (Å²) in [4.78, 5) is 0. The van der Waals surface area contributed by atoms with Crippen molar-refractivity contribution >= 4 is 22.6 Å². The summed E-state index contributed by atoms with van der Waals surface area (Å²) in [5, 5.41) is 8.95. The predicted molar refractivity (Wildman–Crippen MR) is 76.6 cm³/mol. The summed E-state index contributed by atoms with van der Waals surface area (Å²) in [6, 6.07) is 10.4. The third-order valence-corrected chi connectivity index (χ3v) is 3.33. The summed E-state index contributed by atoms with van der Waals surface area (Å²) in [7, 11) is 0. The molecule has 1 N–H and O–H groups in total. The maximum Gasteiger partial charge on any atom is 0.416 e. The van der Waals surface area contributed by atoms with E-state index in [2.05, 4.69) is 22.6 Å². The number of halogens is 4. The Morgan fingerprint density at radius 1 is 1.00 bits per heavy atom. The van der Waals surface area contributed by atoms with Gasteiger partial charge in [0.15, 0.2) is 0 Å². The molecular formula is C14H10F3IO2. The Labute approximate surface area is 127 Å². The van der Waals surface area contributed by atoms with Gasteiger partial charge in [-0.05, 0) is 64.6 Å². The van der Waals surface area contributed by atoms with E-state index in [1.54, 1.807) is 24.3 Å². The Bertz CT molecular complexity index is 594. The van der Waals surface area contributed by atoms with Crippen LogP contribution < -0.4 is 4.74 Å². The van der Waals surface area contributed by atoms with Crippen molar-refractivity contribution in [1.29, 1.82) is 0 Å². The van der Waals surface area contributed by atoms with Gasteiger partial charge in [0.05, 0.1) is 12.2 Å². The van der Waals surface area contributed by atoms with Crippen LogP contribution in [-0.2, 0) is 12.8 Å². The van der Waals surface area contributed by atoms with Gasteiger partial charge in [-0.1, -0.05) is 6.07 Å². The molecular weight excluding hydrogens is 384 g/mol. The molecule has 0 radical (unpaired) electrons. The van der Waals surface area contributed by atoms with E-state index >= 15 is 0 Å². The maximum atomic E-state index is 12.8. The lowest BCUT2D eigenvalue weighted by Gasteiger charge is -2.13. The second-order valence-corrected chi connectivity index (χ2v) is 5.28. The SMILES string of the molecule is OCc1ccc(Oc2ccc(I)cc2)cc1C(F)(F)F. The minimum atomic E-state index is -4.52. The molecule has 0 saturated heterocycles. The number of hydrogen-bond acceptors (Lipinski definition) is 2. The molecule has 0 unspecified atom stereocenters. The molecule has 2 aromatic carbocycles. The van der Waals surface area contributed by atoms with E-state index in [1.807, 2.05) is 0 Å². The summed E-state index contributed by atoms with van der Waals surface area (Å²) >= 11 is 2.12. The molecule has 20 heavy (non-hydrogen) atoms. The van der Waals surface area contributed by atoms with Gasteiger partial charge in [-0.2, -0.15) is 13.2 Å². The smallest absolute Gasteiger partial charge is 0.416 e. The molecule has 0 aliphatic heterocycles. The normalized spacial score (nSPS) is 11.4. The number of alkyl halides is 3. The van der Waals surface area contributed by atoms with Gasteiger partial charge in [-0.25, -0.2) is 0 Å². The molecule has 0 spiro atoms. The Morgan fingerprint density at radius 3 is 2.15 bits per heavy atom. The predicted octanol–water partition coefficient (Wildman–Crippen LogP) is 4.59. The van der Waals surface area contributed by atoms with Gasteiger partial charge in [-0.15, -0.1) is 0 Å². The maximum absolute atomic E-state index is 12.8. The highest BCUT2D eigenvalue weighted by Gasteiger charge is 2.33. The Kier molecular flexibility index (Phi) is 4.54. The molecule has 0 amide bonds. The first kappa shape index (κ1) is 15.1. The molecule has 0 saturated carbocycles. The minimum absolute atomic E-state index is 0.0794. The fourth-order valence-electron chi connectivity index (χ4n) is 1.66. The number of benzene rings is 2. The minimum Gasteiger partial charge on any atom is -0.457 e. The molecule has 106 valence electrons. The highest BCUT2D eigenvalue weighted by Crippen LogP contribution is 2.35. The fraction of sp³-hybridized carbons (Fsp3) is 0.143. The van der Waals surface area contributed by atoms with Crippen molar-refractivity contribution in [3.63, 3.8) is 0 Å². The lowest BCUT2D eigenvalue weighted by molar-refractivity contribution is -0.138. The summed E-state index contributed by atoms with van der Waals surface area (Å²) in [6.07, 6.45) is -4.52. The molecule has 2 aromatic rings. The Balaban J connectivity index is 2.31. The van der Waals surface area contributed by atoms with Crippen LogP contribution >= 0.6 is 22.6 Å². The van der Waals surface area contributed by atoms with Crippen LogP contribution in [0.1, 0.15) is 11.1 Å². The van der Waals surface area contributed by atoms with Crippen molar-refractivity contribution in [3.05, 3.63) is 57.2 Å². The van der Waals surface area contributed by atoms with Crippen LogP contribution in [0.2, 0.25) is 0 Å². The van der Waals surface area contributed by atoms with E-state index in [0.29, 0.717) is 5.75 Å². The highest BCUT2D eigenvalue weighted by molar-refractivity contribution is 14.1. The Hall–Kier alpha value is -1.28. The number of aliphatic hydroxyl groups excluding tert-OH is 1. The van der Waals surface area contributed by atoms with Crippen LogP contribution in [0.4, 0.5) is 13.2 Å². The van der Waals surface area contributed by atoms with Crippen molar-refractivity contribution in [2.24, 2.45) is 0 Å². The van der Waals surface area contributed by atoms with E-state index in [9.17, 15) is 13.2 Å². The summed E-state index contributed by atoms with van der Waals surface area (Å²) in [5.41, 5.74) is -1.06. The van der Waals surface area contributed by atoms with Crippen LogP contribution in [0.5, 0.6) is 11.5 Å². The number of ether oxygens (including phenoxy) is 1. The van der Waals surface area contributed by atoms with Gasteiger partial charge >= 0.3 is 6.18 Å². The molecule has 0 atom stereocenters. The quantitative estimate of drug-likeness (QED) is 0.772. The monoisotopic (exact) mass is 394 g/mol. The average Bonchev–Trinajstić information content (AvgIpc) is 2.40. The summed E-state index contributed by atoms with van der Waals surface area (Å²) < 4.78 is 44.9. The van der Waals surface area contributed by atoms with Gasteiger partial charge in [0, 0.05) is 3.57 Å². The van der Waals surface area contributed by atoms with Crippen LogP contribution in [0.25, 0.3) is 0 Å². The number of rotatable bonds is 3. The van der Waals surface area contributed by atoms with E-state index in [0.717, 1.165) is 9.64 Å². The first-order valence-corrected chi connectivity index (χ1v) is 6.72. The molecule has 0 fully saturated rings. The van der Waals surface area contributed by atoms with Gasteiger partial charge in [0.25, 0.3) is 0 Å². The van der Waals surface area contributed by atoms with E-state index in [1.165, 1.54) is 12.1 Å². The second kappa shape index (κ2) is 6.01. The van der Waals surface area contributed by atoms with E-state index in [4.69, 9.17) is 9.84 Å². The zero-order chi connectivity index (χ0) is 14.8. The topological polar surface area (TPSA) is 29.5 Å². The molecule has 0 aliphatic carbocycles. The van der Waals surface area contributed by atoms with E-state index < -0.39 is 18.3 Å². The van der Waals surface area contributed by atoms with Crippen molar-refractivity contribution in [3.8, 4) is 11.5 Å². The lowest BCUT2D eigenvalue weighted by atomic mass is 10.1. The number of aliphatic hydroxyl groups is 1. The molecule has 2 rings (SSSR count). The third kappa shape index (κ3) is 3.63. The lowest BCUT2D eigenvalue weighted by Crippen LogP contribution is -2.09. The van der Waals surface area contributed by atoms with Crippen LogP contribution in [0, 0.1) is 3.57 Å². The van der Waals surface area contributed by atoms with Crippen molar-refractivity contribution < 1.29 is 23.0 Å². The molecule has 0 aliphatic rings. The van der Waals surface area contributed by atoms with Gasteiger partial charge < -0.3 is 9.84 Å². The fourth-order valence-corrected chi connectivity index (χ4v) is 2.02. The molecule has 6 heteroatoms. The van der Waals surface area contributed by atoms with E-state index in [-0.39, 0.29) is 11.3 Å². The largest absolute Gasteiger partial charge is 0.457 e. The molecule has 0 bridgehead atoms. The zero-order valence-corrected chi connectivity index (χ0v) is 12.3. The van der Waals surface area contributed by atoms with Gasteiger partial charge in [0.1, 0.15) is 11.5 Å². The zero-order valence-electron chi connectivity index (χ0n) is 10.1. The Morgan fingerprint density at radius 2 is 1.60 bits per heavy atom. The third-order valence-electron chi connectivity index (χ3n) is 2.61. The summed E-state index contributed by atoms with van der Waals surface area (Å²) in [5.74, 6) is 0.533. The first-order chi connectivity index (χ1) is 9.40. The van der Waals surface area contributed by atoms with Crippen molar-refractivity contribution in [2.75, 3.05) is 0 Å². The number of hydrogen-bond donors (Lipinski definition) is 1. The molecule has 0 heterocycles. The van der Waals surface area contributed by atoms with Crippen molar-refractivity contribution in [1.82, 2.24) is 0 Å². The molecule has 2 nitrogen and oxygen atoms in total. The first-order valence-electron chi connectivity index (χ1n) is 5.64. The second-order valence-electron chi connectivity index (χ2n) is 4.03. The van der Waals surface area contributed by atoms with Crippen LogP contribution in [-0.4, -0.2) is 5.11 Å². The van der Waals surface area contributed by atoms with Crippen molar-refractivity contribution in [2.45, 2.75) is 12.8 Å². The van der Waals surface area contributed by atoms with Gasteiger partial charge in [-0.3, -0.25) is 0 Å². The summed E-state index contributed by atoms with van der Waals surface area (Å²) in [6.45, 7) is -0.668. The standard InChI is InChI=1S/C14H10F3IO2/c15-14(16,17)13-7-12(4-1-9(13)8-19)20-11-5-2-10(18)3-6-11/h1-7,19H,8H2.